The number of aryl methyl sites for hydroxylation is 1. The minimum Gasteiger partial charge on any atom is -0.337 e. The number of hydrazine groups is 1. The van der Waals surface area contributed by atoms with Crippen LogP contribution in [0, 0.1) is 0 Å². The molecular weight excluding hydrogens is 208 g/mol. The van der Waals surface area contributed by atoms with Gasteiger partial charge in [-0.05, 0) is 28.8 Å². The van der Waals surface area contributed by atoms with Gasteiger partial charge in [-0.15, -0.1) is 0 Å². The summed E-state index contributed by atoms with van der Waals surface area (Å²) in [5.41, 5.74) is 4.09. The van der Waals surface area contributed by atoms with Gasteiger partial charge in [-0.25, -0.2) is 10.4 Å². The molecule has 3 N–H and O–H groups in total. The standard InChI is InChI=1S/C10H14N4S/c1-14-4-3-12-10(14)9(13-11)6-8-2-5-15-7-8/h2-5,7,9,13H,6,11H2,1H3. The molecule has 0 saturated carbocycles. The number of hydrogen-bond acceptors (Lipinski definition) is 4. The summed E-state index contributed by atoms with van der Waals surface area (Å²) in [6.45, 7) is 0. The van der Waals surface area contributed by atoms with Gasteiger partial charge in [0.25, 0.3) is 0 Å². The lowest BCUT2D eigenvalue weighted by Crippen LogP contribution is -2.31. The fourth-order valence-corrected chi connectivity index (χ4v) is 2.26. The Morgan fingerprint density at radius 1 is 1.67 bits per heavy atom. The van der Waals surface area contributed by atoms with Crippen LogP contribution in [-0.4, -0.2) is 9.55 Å². The van der Waals surface area contributed by atoms with Crippen molar-refractivity contribution >= 4 is 11.3 Å². The molecule has 4 nitrogen and oxygen atoms in total. The first-order valence-electron chi connectivity index (χ1n) is 4.75. The zero-order chi connectivity index (χ0) is 10.7. The maximum Gasteiger partial charge on any atom is 0.127 e. The third kappa shape index (κ3) is 2.26. The van der Waals surface area contributed by atoms with Gasteiger partial charge in [-0.1, -0.05) is 0 Å². The van der Waals surface area contributed by atoms with E-state index in [0.717, 1.165) is 12.2 Å². The molecule has 0 aliphatic carbocycles. The van der Waals surface area contributed by atoms with Crippen molar-refractivity contribution in [1.82, 2.24) is 15.0 Å². The summed E-state index contributed by atoms with van der Waals surface area (Å²) in [5, 5.41) is 4.20. The first kappa shape index (κ1) is 10.4. The molecule has 0 amide bonds. The molecule has 0 bridgehead atoms. The van der Waals surface area contributed by atoms with Gasteiger partial charge in [0.15, 0.2) is 0 Å². The minimum atomic E-state index is 0.0691. The van der Waals surface area contributed by atoms with E-state index in [9.17, 15) is 0 Å². The van der Waals surface area contributed by atoms with Crippen molar-refractivity contribution in [3.63, 3.8) is 0 Å². The van der Waals surface area contributed by atoms with E-state index in [1.54, 1.807) is 17.5 Å². The van der Waals surface area contributed by atoms with Crippen molar-refractivity contribution < 1.29 is 0 Å². The lowest BCUT2D eigenvalue weighted by Gasteiger charge is -2.14. The van der Waals surface area contributed by atoms with E-state index >= 15 is 0 Å². The highest BCUT2D eigenvalue weighted by Gasteiger charge is 2.14. The maximum absolute atomic E-state index is 5.55. The number of imidazole rings is 1. The van der Waals surface area contributed by atoms with Gasteiger partial charge in [-0.2, -0.15) is 11.3 Å². The van der Waals surface area contributed by atoms with Crippen molar-refractivity contribution in [2.75, 3.05) is 0 Å². The Kier molecular flexibility index (Phi) is 3.15. The number of thiophene rings is 1. The smallest absolute Gasteiger partial charge is 0.127 e. The zero-order valence-electron chi connectivity index (χ0n) is 8.55. The Hall–Kier alpha value is -1.17. The van der Waals surface area contributed by atoms with Crippen LogP contribution in [0.2, 0.25) is 0 Å². The molecule has 15 heavy (non-hydrogen) atoms. The quantitative estimate of drug-likeness (QED) is 0.604. The highest BCUT2D eigenvalue weighted by molar-refractivity contribution is 7.07. The average molecular weight is 222 g/mol. The summed E-state index contributed by atoms with van der Waals surface area (Å²) in [4.78, 5) is 4.29. The second kappa shape index (κ2) is 4.57. The Bertz CT molecular complexity index is 407. The lowest BCUT2D eigenvalue weighted by atomic mass is 10.1. The molecule has 2 heterocycles. The Labute approximate surface area is 92.7 Å². The van der Waals surface area contributed by atoms with Crippen LogP contribution in [0.25, 0.3) is 0 Å². The van der Waals surface area contributed by atoms with Crippen LogP contribution in [0.5, 0.6) is 0 Å². The van der Waals surface area contributed by atoms with Crippen molar-refractivity contribution in [2.45, 2.75) is 12.5 Å². The topological polar surface area (TPSA) is 55.9 Å². The summed E-state index contributed by atoms with van der Waals surface area (Å²) in [7, 11) is 1.97. The van der Waals surface area contributed by atoms with Gasteiger partial charge in [-0.3, -0.25) is 5.84 Å². The number of nitrogens with two attached hydrogens (primary N) is 1. The first-order valence-corrected chi connectivity index (χ1v) is 5.70. The summed E-state index contributed by atoms with van der Waals surface area (Å²) in [5.74, 6) is 6.51. The van der Waals surface area contributed by atoms with Gasteiger partial charge >= 0.3 is 0 Å². The number of rotatable bonds is 4. The molecule has 80 valence electrons. The largest absolute Gasteiger partial charge is 0.337 e. The van der Waals surface area contributed by atoms with E-state index in [0.29, 0.717) is 0 Å². The third-order valence-corrected chi connectivity index (χ3v) is 3.12. The molecular formula is C10H14N4S. The van der Waals surface area contributed by atoms with E-state index in [1.807, 2.05) is 17.8 Å². The van der Waals surface area contributed by atoms with Crippen LogP contribution >= 0.6 is 11.3 Å². The molecule has 0 spiro atoms. The summed E-state index contributed by atoms with van der Waals surface area (Å²) < 4.78 is 1.98. The third-order valence-electron chi connectivity index (χ3n) is 2.39. The molecule has 0 radical (unpaired) electrons. The van der Waals surface area contributed by atoms with Gasteiger partial charge in [0.2, 0.25) is 0 Å². The normalized spacial score (nSPS) is 12.9. The van der Waals surface area contributed by atoms with Crippen LogP contribution in [0.4, 0.5) is 0 Å². The Balaban J connectivity index is 2.15. The van der Waals surface area contributed by atoms with E-state index in [-0.39, 0.29) is 6.04 Å². The van der Waals surface area contributed by atoms with E-state index in [1.165, 1.54) is 5.56 Å². The van der Waals surface area contributed by atoms with Crippen LogP contribution in [-0.2, 0) is 13.5 Å². The molecule has 2 rings (SSSR count). The highest BCUT2D eigenvalue weighted by atomic mass is 32.1. The van der Waals surface area contributed by atoms with Crippen LogP contribution in [0.3, 0.4) is 0 Å². The van der Waals surface area contributed by atoms with Gasteiger partial charge in [0.05, 0.1) is 6.04 Å². The molecule has 1 unspecified atom stereocenters. The summed E-state index contributed by atoms with van der Waals surface area (Å²) in [6, 6.07) is 2.18. The second-order valence-electron chi connectivity index (χ2n) is 3.45. The summed E-state index contributed by atoms with van der Waals surface area (Å²) in [6.07, 6.45) is 4.57. The molecule has 0 aliphatic heterocycles. The fraction of sp³-hybridized carbons (Fsp3) is 0.300. The van der Waals surface area contributed by atoms with Crippen molar-refractivity contribution in [3.8, 4) is 0 Å². The Morgan fingerprint density at radius 3 is 3.07 bits per heavy atom. The fourth-order valence-electron chi connectivity index (χ4n) is 1.58. The monoisotopic (exact) mass is 222 g/mol. The van der Waals surface area contributed by atoms with Crippen molar-refractivity contribution in [2.24, 2.45) is 12.9 Å². The number of nitrogens with zero attached hydrogens (tertiary/aromatic N) is 2. The molecule has 0 aliphatic rings. The second-order valence-corrected chi connectivity index (χ2v) is 4.23. The molecule has 2 aromatic heterocycles. The molecule has 0 aromatic carbocycles. The van der Waals surface area contributed by atoms with Crippen LogP contribution < -0.4 is 11.3 Å². The van der Waals surface area contributed by atoms with Crippen molar-refractivity contribution in [3.05, 3.63) is 40.6 Å². The highest BCUT2D eigenvalue weighted by Crippen LogP contribution is 2.17. The van der Waals surface area contributed by atoms with Gasteiger partial charge < -0.3 is 4.57 Å². The van der Waals surface area contributed by atoms with Crippen molar-refractivity contribution in [1.29, 1.82) is 0 Å². The van der Waals surface area contributed by atoms with E-state index in [4.69, 9.17) is 5.84 Å². The average Bonchev–Trinajstić information content (AvgIpc) is 2.85. The lowest BCUT2D eigenvalue weighted by molar-refractivity contribution is 0.508. The van der Waals surface area contributed by atoms with Gasteiger partial charge in [0.1, 0.15) is 5.82 Å². The number of hydrogen-bond donors (Lipinski definition) is 2. The maximum atomic E-state index is 5.55. The molecule has 0 saturated heterocycles. The molecule has 2 aromatic rings. The van der Waals surface area contributed by atoms with E-state index < -0.39 is 0 Å². The first-order chi connectivity index (χ1) is 7.31. The van der Waals surface area contributed by atoms with Crippen LogP contribution in [0.1, 0.15) is 17.4 Å². The molecule has 1 atom stereocenters. The zero-order valence-corrected chi connectivity index (χ0v) is 9.37. The number of aromatic nitrogens is 2. The number of nitrogens with one attached hydrogen (secondary N) is 1. The SMILES string of the molecule is Cn1ccnc1C(Cc1ccsc1)NN. The minimum absolute atomic E-state index is 0.0691. The van der Waals surface area contributed by atoms with E-state index in [2.05, 4.69) is 27.2 Å². The Morgan fingerprint density at radius 2 is 2.53 bits per heavy atom. The summed E-state index contributed by atoms with van der Waals surface area (Å²) >= 11 is 1.70. The molecule has 5 heteroatoms. The predicted octanol–water partition coefficient (Wildman–Crippen LogP) is 1.23. The van der Waals surface area contributed by atoms with Gasteiger partial charge in [0, 0.05) is 19.4 Å². The van der Waals surface area contributed by atoms with Crippen LogP contribution in [0.15, 0.2) is 29.2 Å². The predicted molar refractivity (Wildman–Crippen MR) is 61.3 cm³/mol. The molecule has 0 fully saturated rings.